The van der Waals surface area contributed by atoms with Crippen LogP contribution in [0.4, 0.5) is 10.1 Å². The van der Waals surface area contributed by atoms with Crippen LogP contribution in [0.2, 0.25) is 0 Å². The molecule has 0 bridgehead atoms. The molecule has 1 N–H and O–H groups in total. The monoisotopic (exact) mass is 218 g/mol. The van der Waals surface area contributed by atoms with Crippen LogP contribution in [0.1, 0.15) is 38.2 Å². The van der Waals surface area contributed by atoms with E-state index in [0.29, 0.717) is 5.56 Å². The molecule has 0 radical (unpaired) electrons. The molecule has 1 aromatic rings. The van der Waals surface area contributed by atoms with Crippen LogP contribution in [0.25, 0.3) is 0 Å². The van der Waals surface area contributed by atoms with E-state index < -0.39 is 0 Å². The molecule has 0 spiro atoms. The molecular weight excluding hydrogens is 203 g/mol. The largest absolute Gasteiger partial charge is 0.379 e. The third-order valence-corrected chi connectivity index (χ3v) is 3.25. The number of nitrogens with one attached hydrogen (secondary N) is 1. The molecule has 84 valence electrons. The molecule has 3 heteroatoms. The molecule has 1 aliphatic rings. The van der Waals surface area contributed by atoms with Gasteiger partial charge in [0, 0.05) is 5.54 Å². The van der Waals surface area contributed by atoms with E-state index in [2.05, 4.69) is 12.2 Å². The van der Waals surface area contributed by atoms with Gasteiger partial charge < -0.3 is 5.32 Å². The summed E-state index contributed by atoms with van der Waals surface area (Å²) in [6, 6.07) is 6.34. The number of halogens is 1. The average Bonchev–Trinajstić information content (AvgIpc) is 2.68. The second-order valence-corrected chi connectivity index (χ2v) is 4.69. The SMILES string of the molecule is CC1(Nc2ccc(F)cc2C#N)CCCC1. The van der Waals surface area contributed by atoms with Gasteiger partial charge in [0.05, 0.1) is 11.3 Å². The molecular formula is C13H15FN2. The Hall–Kier alpha value is -1.56. The van der Waals surface area contributed by atoms with Crippen LogP contribution in [0.15, 0.2) is 18.2 Å². The van der Waals surface area contributed by atoms with Crippen LogP contribution in [0.5, 0.6) is 0 Å². The van der Waals surface area contributed by atoms with E-state index in [9.17, 15) is 4.39 Å². The van der Waals surface area contributed by atoms with Crippen LogP contribution in [-0.4, -0.2) is 5.54 Å². The van der Waals surface area contributed by atoms with Crippen molar-refractivity contribution in [2.75, 3.05) is 5.32 Å². The lowest BCUT2D eigenvalue weighted by atomic mass is 9.99. The summed E-state index contributed by atoms with van der Waals surface area (Å²) < 4.78 is 13.0. The second-order valence-electron chi connectivity index (χ2n) is 4.69. The minimum absolute atomic E-state index is 0.0590. The highest BCUT2D eigenvalue weighted by Crippen LogP contribution is 2.33. The number of hydrogen-bond donors (Lipinski definition) is 1. The Morgan fingerprint density at radius 3 is 2.69 bits per heavy atom. The van der Waals surface area contributed by atoms with Gasteiger partial charge in [-0.25, -0.2) is 4.39 Å². The summed E-state index contributed by atoms with van der Waals surface area (Å²) in [6.45, 7) is 2.16. The Morgan fingerprint density at radius 2 is 2.06 bits per heavy atom. The van der Waals surface area contributed by atoms with Crippen molar-refractivity contribution in [2.45, 2.75) is 38.1 Å². The normalized spacial score (nSPS) is 18.1. The molecule has 1 saturated carbocycles. The van der Waals surface area contributed by atoms with Gasteiger partial charge in [-0.3, -0.25) is 0 Å². The molecule has 2 rings (SSSR count). The summed E-state index contributed by atoms with van der Waals surface area (Å²) in [5.41, 5.74) is 1.19. The fourth-order valence-electron chi connectivity index (χ4n) is 2.32. The Labute approximate surface area is 95.1 Å². The molecule has 0 atom stereocenters. The number of rotatable bonds is 2. The maximum absolute atomic E-state index is 13.0. The number of hydrogen-bond acceptors (Lipinski definition) is 2. The third kappa shape index (κ3) is 2.16. The van der Waals surface area contributed by atoms with Gasteiger partial charge in [0.15, 0.2) is 0 Å². The summed E-state index contributed by atoms with van der Waals surface area (Å²) in [7, 11) is 0. The van der Waals surface area contributed by atoms with Crippen molar-refractivity contribution in [1.82, 2.24) is 0 Å². The van der Waals surface area contributed by atoms with Crippen molar-refractivity contribution in [1.29, 1.82) is 5.26 Å². The van der Waals surface area contributed by atoms with Gasteiger partial charge in [-0.1, -0.05) is 12.8 Å². The van der Waals surface area contributed by atoms with Crippen LogP contribution < -0.4 is 5.32 Å². The lowest BCUT2D eigenvalue weighted by molar-refractivity contribution is 0.533. The summed E-state index contributed by atoms with van der Waals surface area (Å²) in [5.74, 6) is -0.362. The minimum Gasteiger partial charge on any atom is -0.379 e. The number of anilines is 1. The molecule has 2 nitrogen and oxygen atoms in total. The predicted octanol–water partition coefficient (Wildman–Crippen LogP) is 3.44. The standard InChI is InChI=1S/C13H15FN2/c1-13(6-2-3-7-13)16-12-5-4-11(14)8-10(12)9-15/h4-5,8,16H,2-3,6-7H2,1H3. The highest BCUT2D eigenvalue weighted by Gasteiger charge is 2.28. The number of nitrogens with zero attached hydrogens (tertiary/aromatic N) is 1. The zero-order chi connectivity index (χ0) is 11.6. The van der Waals surface area contributed by atoms with Crippen LogP contribution in [-0.2, 0) is 0 Å². The molecule has 0 amide bonds. The van der Waals surface area contributed by atoms with Crippen LogP contribution in [0, 0.1) is 17.1 Å². The van der Waals surface area contributed by atoms with Gasteiger partial charge in [-0.2, -0.15) is 5.26 Å². The van der Waals surface area contributed by atoms with E-state index in [-0.39, 0.29) is 11.4 Å². The number of benzene rings is 1. The summed E-state index contributed by atoms with van der Waals surface area (Å²) in [4.78, 5) is 0. The quantitative estimate of drug-likeness (QED) is 0.825. The highest BCUT2D eigenvalue weighted by molar-refractivity contribution is 5.58. The first-order valence-electron chi connectivity index (χ1n) is 5.61. The second kappa shape index (κ2) is 4.13. The fraction of sp³-hybridized carbons (Fsp3) is 0.462. The van der Waals surface area contributed by atoms with Gasteiger partial charge in [0.1, 0.15) is 11.9 Å². The maximum Gasteiger partial charge on any atom is 0.124 e. The molecule has 0 unspecified atom stereocenters. The zero-order valence-electron chi connectivity index (χ0n) is 9.39. The summed E-state index contributed by atoms with van der Waals surface area (Å²) in [5, 5.41) is 12.3. The van der Waals surface area contributed by atoms with Gasteiger partial charge in [-0.15, -0.1) is 0 Å². The highest BCUT2D eigenvalue weighted by atomic mass is 19.1. The summed E-state index contributed by atoms with van der Waals surface area (Å²) in [6.07, 6.45) is 4.64. The van der Waals surface area contributed by atoms with Crippen molar-refractivity contribution in [3.05, 3.63) is 29.6 Å². The zero-order valence-corrected chi connectivity index (χ0v) is 9.39. The summed E-state index contributed by atoms with van der Waals surface area (Å²) >= 11 is 0. The Kier molecular flexibility index (Phi) is 2.82. The van der Waals surface area contributed by atoms with E-state index in [1.54, 1.807) is 6.07 Å². The number of nitriles is 1. The smallest absolute Gasteiger partial charge is 0.124 e. The van der Waals surface area contributed by atoms with E-state index in [4.69, 9.17) is 5.26 Å². The van der Waals surface area contributed by atoms with E-state index >= 15 is 0 Å². The third-order valence-electron chi connectivity index (χ3n) is 3.25. The molecule has 0 heterocycles. The van der Waals surface area contributed by atoms with Gasteiger partial charge in [0.2, 0.25) is 0 Å². The van der Waals surface area contributed by atoms with E-state index in [1.807, 2.05) is 6.07 Å². The minimum atomic E-state index is -0.362. The van der Waals surface area contributed by atoms with Gasteiger partial charge in [0.25, 0.3) is 0 Å². The first-order chi connectivity index (χ1) is 7.63. The fourth-order valence-corrected chi connectivity index (χ4v) is 2.32. The first kappa shape index (κ1) is 10.9. The first-order valence-corrected chi connectivity index (χ1v) is 5.61. The lowest BCUT2D eigenvalue weighted by Crippen LogP contribution is -2.31. The van der Waals surface area contributed by atoms with E-state index in [0.717, 1.165) is 18.5 Å². The van der Waals surface area contributed by atoms with Crippen molar-refractivity contribution < 1.29 is 4.39 Å². The lowest BCUT2D eigenvalue weighted by Gasteiger charge is -2.27. The Bertz CT molecular complexity index is 428. The van der Waals surface area contributed by atoms with E-state index in [1.165, 1.54) is 25.0 Å². The molecule has 1 aliphatic carbocycles. The topological polar surface area (TPSA) is 35.8 Å². The van der Waals surface area contributed by atoms with Crippen molar-refractivity contribution in [3.8, 4) is 6.07 Å². The molecule has 1 fully saturated rings. The molecule has 1 aromatic carbocycles. The van der Waals surface area contributed by atoms with Gasteiger partial charge in [-0.05, 0) is 38.0 Å². The average molecular weight is 218 g/mol. The van der Waals surface area contributed by atoms with Crippen LogP contribution in [0.3, 0.4) is 0 Å². The van der Waals surface area contributed by atoms with Crippen molar-refractivity contribution in [3.63, 3.8) is 0 Å². The van der Waals surface area contributed by atoms with Crippen molar-refractivity contribution in [2.24, 2.45) is 0 Å². The van der Waals surface area contributed by atoms with Crippen molar-refractivity contribution >= 4 is 5.69 Å². The Balaban J connectivity index is 2.24. The Morgan fingerprint density at radius 1 is 1.38 bits per heavy atom. The molecule has 0 saturated heterocycles. The molecule has 0 aliphatic heterocycles. The maximum atomic E-state index is 13.0. The molecule has 16 heavy (non-hydrogen) atoms. The molecule has 0 aromatic heterocycles. The van der Waals surface area contributed by atoms with Gasteiger partial charge >= 0.3 is 0 Å². The predicted molar refractivity (Wildman–Crippen MR) is 61.6 cm³/mol. The van der Waals surface area contributed by atoms with Crippen LogP contribution >= 0.6 is 0 Å².